The number of rotatable bonds is 6. The lowest BCUT2D eigenvalue weighted by Gasteiger charge is -2.26. The molecule has 0 aliphatic heterocycles. The molecular weight excluding hydrogens is 316 g/mol. The molecule has 134 valence electrons. The molecule has 1 heterocycles. The highest BCUT2D eigenvalue weighted by Crippen LogP contribution is 2.09. The van der Waals surface area contributed by atoms with Crippen molar-refractivity contribution >= 4 is 18.0 Å². The Labute approximate surface area is 140 Å². The molecule has 9 heteroatoms. The van der Waals surface area contributed by atoms with Gasteiger partial charge in [0.2, 0.25) is 5.91 Å². The van der Waals surface area contributed by atoms with E-state index in [1.165, 1.54) is 26.4 Å². The zero-order valence-electron chi connectivity index (χ0n) is 14.5. The van der Waals surface area contributed by atoms with Gasteiger partial charge in [0.25, 0.3) is 0 Å². The molecule has 0 aliphatic rings. The first-order valence-corrected chi connectivity index (χ1v) is 7.43. The molecule has 0 saturated carbocycles. The Morgan fingerprint density at radius 2 is 1.92 bits per heavy atom. The van der Waals surface area contributed by atoms with Gasteiger partial charge in [-0.1, -0.05) is 0 Å². The summed E-state index contributed by atoms with van der Waals surface area (Å²) in [5, 5.41) is 14.0. The van der Waals surface area contributed by atoms with E-state index in [4.69, 9.17) is 9.84 Å². The summed E-state index contributed by atoms with van der Waals surface area (Å²) >= 11 is 0. The van der Waals surface area contributed by atoms with Crippen molar-refractivity contribution in [3.8, 4) is 0 Å². The van der Waals surface area contributed by atoms with Gasteiger partial charge >= 0.3 is 12.1 Å². The van der Waals surface area contributed by atoms with Gasteiger partial charge in [-0.3, -0.25) is 4.79 Å². The van der Waals surface area contributed by atoms with E-state index in [0.29, 0.717) is 5.69 Å². The Kier molecular flexibility index (Phi) is 5.94. The van der Waals surface area contributed by atoms with Crippen LogP contribution in [-0.2, 0) is 20.7 Å². The van der Waals surface area contributed by atoms with Crippen LogP contribution in [0.5, 0.6) is 0 Å². The fraction of sp³-hybridized carbons (Fsp3) is 0.600. The van der Waals surface area contributed by atoms with Gasteiger partial charge < -0.3 is 25.5 Å². The SMILES string of the molecule is CC(C)(C)OC(=O)NC(Cc1cnc[nH]1)C(=O)NC(C)(C)C(=O)O. The summed E-state index contributed by atoms with van der Waals surface area (Å²) in [4.78, 5) is 42.2. The number of nitrogens with one attached hydrogen (secondary N) is 3. The Bertz CT molecular complexity index is 590. The molecule has 1 rings (SSSR count). The van der Waals surface area contributed by atoms with E-state index in [1.54, 1.807) is 20.8 Å². The number of carbonyl (C=O) groups is 3. The highest BCUT2D eigenvalue weighted by atomic mass is 16.6. The monoisotopic (exact) mass is 340 g/mol. The lowest BCUT2D eigenvalue weighted by molar-refractivity contribution is -0.146. The first-order chi connectivity index (χ1) is 10.9. The number of aliphatic carboxylic acids is 1. The number of carbonyl (C=O) groups excluding carboxylic acids is 2. The number of ether oxygens (including phenoxy) is 1. The van der Waals surface area contributed by atoms with E-state index >= 15 is 0 Å². The molecule has 0 aromatic carbocycles. The van der Waals surface area contributed by atoms with E-state index in [2.05, 4.69) is 20.6 Å². The van der Waals surface area contributed by atoms with Crippen LogP contribution in [0.4, 0.5) is 4.79 Å². The number of hydrogen-bond acceptors (Lipinski definition) is 5. The first kappa shape index (κ1) is 19.5. The van der Waals surface area contributed by atoms with Crippen molar-refractivity contribution in [2.45, 2.75) is 58.2 Å². The Hall–Kier alpha value is -2.58. The van der Waals surface area contributed by atoms with Crippen molar-refractivity contribution in [2.24, 2.45) is 0 Å². The number of carboxylic acids is 1. The molecule has 0 fully saturated rings. The molecule has 24 heavy (non-hydrogen) atoms. The smallest absolute Gasteiger partial charge is 0.408 e. The van der Waals surface area contributed by atoms with Crippen LogP contribution in [-0.4, -0.2) is 50.2 Å². The Morgan fingerprint density at radius 1 is 1.29 bits per heavy atom. The second-order valence-electron chi connectivity index (χ2n) is 6.90. The van der Waals surface area contributed by atoms with Crippen LogP contribution in [0, 0.1) is 0 Å². The zero-order valence-corrected chi connectivity index (χ0v) is 14.5. The molecule has 0 radical (unpaired) electrons. The first-order valence-electron chi connectivity index (χ1n) is 7.43. The molecule has 1 aromatic rings. The fourth-order valence-electron chi connectivity index (χ4n) is 1.72. The number of carboxylic acid groups (broad SMARTS) is 1. The molecule has 0 saturated heterocycles. The van der Waals surface area contributed by atoms with Gasteiger partial charge in [-0.25, -0.2) is 14.6 Å². The van der Waals surface area contributed by atoms with Gasteiger partial charge in [0.1, 0.15) is 17.2 Å². The molecule has 0 aliphatic carbocycles. The number of amides is 2. The van der Waals surface area contributed by atoms with E-state index in [1.807, 2.05) is 0 Å². The number of alkyl carbamates (subject to hydrolysis) is 1. The zero-order chi connectivity index (χ0) is 18.5. The topological polar surface area (TPSA) is 133 Å². The average Bonchev–Trinajstić information content (AvgIpc) is 2.87. The Balaban J connectivity index is 2.86. The van der Waals surface area contributed by atoms with Crippen molar-refractivity contribution in [1.29, 1.82) is 0 Å². The third kappa shape index (κ3) is 6.27. The third-order valence-corrected chi connectivity index (χ3v) is 2.96. The van der Waals surface area contributed by atoms with E-state index in [9.17, 15) is 14.4 Å². The van der Waals surface area contributed by atoms with Crippen molar-refractivity contribution in [1.82, 2.24) is 20.6 Å². The number of nitrogens with zero attached hydrogens (tertiary/aromatic N) is 1. The minimum Gasteiger partial charge on any atom is -0.480 e. The molecule has 1 unspecified atom stereocenters. The van der Waals surface area contributed by atoms with E-state index < -0.39 is 35.2 Å². The van der Waals surface area contributed by atoms with Gasteiger partial charge in [-0.2, -0.15) is 0 Å². The summed E-state index contributed by atoms with van der Waals surface area (Å²) in [6.07, 6.45) is 2.30. The lowest BCUT2D eigenvalue weighted by Crippen LogP contribution is -2.57. The summed E-state index contributed by atoms with van der Waals surface area (Å²) in [7, 11) is 0. The van der Waals surface area contributed by atoms with Crippen LogP contribution < -0.4 is 10.6 Å². The number of H-pyrrole nitrogens is 1. The van der Waals surface area contributed by atoms with Gasteiger partial charge in [0.15, 0.2) is 0 Å². The predicted octanol–water partition coefficient (Wildman–Crippen LogP) is 0.825. The van der Waals surface area contributed by atoms with Gasteiger partial charge in [-0.15, -0.1) is 0 Å². The number of aromatic amines is 1. The second kappa shape index (κ2) is 7.33. The molecule has 0 bridgehead atoms. The van der Waals surface area contributed by atoms with Crippen molar-refractivity contribution in [3.63, 3.8) is 0 Å². The summed E-state index contributed by atoms with van der Waals surface area (Å²) in [5.41, 5.74) is -1.59. The molecule has 2 amide bonds. The highest BCUT2D eigenvalue weighted by Gasteiger charge is 2.33. The van der Waals surface area contributed by atoms with E-state index in [0.717, 1.165) is 0 Å². The number of hydrogen-bond donors (Lipinski definition) is 4. The maximum atomic E-state index is 12.4. The van der Waals surface area contributed by atoms with Crippen LogP contribution in [0.1, 0.15) is 40.3 Å². The second-order valence-corrected chi connectivity index (χ2v) is 6.90. The maximum absolute atomic E-state index is 12.4. The molecule has 9 nitrogen and oxygen atoms in total. The third-order valence-electron chi connectivity index (χ3n) is 2.96. The Morgan fingerprint density at radius 3 is 2.38 bits per heavy atom. The summed E-state index contributed by atoms with van der Waals surface area (Å²) in [5.74, 6) is -1.82. The molecular formula is C15H24N4O5. The normalized spacial score (nSPS) is 13.0. The van der Waals surface area contributed by atoms with Gasteiger partial charge in [0, 0.05) is 18.3 Å². The van der Waals surface area contributed by atoms with Crippen LogP contribution >= 0.6 is 0 Å². The van der Waals surface area contributed by atoms with E-state index in [-0.39, 0.29) is 6.42 Å². The standard InChI is InChI=1S/C15H24N4O5/c1-14(2,3)24-13(23)18-10(6-9-7-16-8-17-9)11(20)19-15(4,5)12(21)22/h7-8,10H,6H2,1-5H3,(H,16,17)(H,18,23)(H,19,20)(H,21,22). The minimum atomic E-state index is -1.47. The largest absolute Gasteiger partial charge is 0.480 e. The average molecular weight is 340 g/mol. The van der Waals surface area contributed by atoms with Crippen molar-refractivity contribution < 1.29 is 24.2 Å². The molecule has 1 atom stereocenters. The van der Waals surface area contributed by atoms with Gasteiger partial charge in [-0.05, 0) is 34.6 Å². The van der Waals surface area contributed by atoms with Crippen LogP contribution in [0.2, 0.25) is 0 Å². The minimum absolute atomic E-state index is 0.112. The maximum Gasteiger partial charge on any atom is 0.408 e. The summed E-state index contributed by atoms with van der Waals surface area (Å²) < 4.78 is 5.14. The van der Waals surface area contributed by atoms with Gasteiger partial charge in [0.05, 0.1) is 6.33 Å². The highest BCUT2D eigenvalue weighted by molar-refractivity contribution is 5.91. The summed E-state index contributed by atoms with van der Waals surface area (Å²) in [6, 6.07) is -1.01. The molecule has 0 spiro atoms. The van der Waals surface area contributed by atoms with Crippen LogP contribution in [0.25, 0.3) is 0 Å². The molecule has 1 aromatic heterocycles. The predicted molar refractivity (Wildman–Crippen MR) is 85.3 cm³/mol. The summed E-state index contributed by atoms with van der Waals surface area (Å²) in [6.45, 7) is 7.81. The van der Waals surface area contributed by atoms with Crippen molar-refractivity contribution in [3.05, 3.63) is 18.2 Å². The quantitative estimate of drug-likeness (QED) is 0.606. The fourth-order valence-corrected chi connectivity index (χ4v) is 1.72. The number of aromatic nitrogens is 2. The van der Waals surface area contributed by atoms with Crippen molar-refractivity contribution in [2.75, 3.05) is 0 Å². The molecule has 4 N–H and O–H groups in total. The number of imidazole rings is 1. The van der Waals surface area contributed by atoms with Crippen LogP contribution in [0.15, 0.2) is 12.5 Å². The van der Waals surface area contributed by atoms with Crippen LogP contribution in [0.3, 0.4) is 0 Å². The lowest BCUT2D eigenvalue weighted by atomic mass is 10.0.